The summed E-state index contributed by atoms with van der Waals surface area (Å²) in [4.78, 5) is 14.2. The Labute approximate surface area is 115 Å². The molecule has 0 bridgehead atoms. The third kappa shape index (κ3) is 4.42. The number of likely N-dealkylation sites (tertiary alicyclic amines) is 1. The molecule has 0 atom stereocenters. The van der Waals surface area contributed by atoms with Crippen molar-refractivity contribution in [2.45, 2.75) is 25.7 Å². The summed E-state index contributed by atoms with van der Waals surface area (Å²) in [5, 5.41) is 2.89. The number of benzene rings is 1. The van der Waals surface area contributed by atoms with E-state index in [1.807, 2.05) is 24.3 Å². The molecule has 3 heteroatoms. The first-order valence-corrected chi connectivity index (χ1v) is 6.87. The summed E-state index contributed by atoms with van der Waals surface area (Å²) in [6, 6.07) is 7.35. The van der Waals surface area contributed by atoms with Crippen molar-refractivity contribution in [1.82, 2.24) is 4.90 Å². The minimum atomic E-state index is 0.0765. The quantitative estimate of drug-likeness (QED) is 0.821. The number of carbonyl (C=O) groups is 1. The molecular formula is C16H20N2O. The van der Waals surface area contributed by atoms with Crippen LogP contribution in [-0.2, 0) is 4.79 Å². The lowest BCUT2D eigenvalue weighted by atomic mass is 10.2. The fourth-order valence-electron chi connectivity index (χ4n) is 2.34. The van der Waals surface area contributed by atoms with Gasteiger partial charge in [0.1, 0.15) is 0 Å². The highest BCUT2D eigenvalue weighted by atomic mass is 16.1. The zero-order valence-electron chi connectivity index (χ0n) is 11.2. The van der Waals surface area contributed by atoms with E-state index < -0.39 is 0 Å². The first-order chi connectivity index (χ1) is 9.28. The third-order valence-corrected chi connectivity index (χ3v) is 3.41. The van der Waals surface area contributed by atoms with Gasteiger partial charge in [0.05, 0.1) is 0 Å². The first-order valence-electron chi connectivity index (χ1n) is 6.87. The van der Waals surface area contributed by atoms with E-state index in [0.29, 0.717) is 6.42 Å². The van der Waals surface area contributed by atoms with Gasteiger partial charge in [-0.05, 0) is 63.2 Å². The minimum Gasteiger partial charge on any atom is -0.326 e. The molecule has 1 heterocycles. The molecule has 1 aromatic rings. The highest BCUT2D eigenvalue weighted by Gasteiger charge is 2.11. The second kappa shape index (κ2) is 6.96. The van der Waals surface area contributed by atoms with E-state index in [1.165, 1.54) is 25.9 Å². The SMILES string of the molecule is C#Cc1ccc(NC(=O)CCCN2CCCC2)cc1. The van der Waals surface area contributed by atoms with E-state index in [1.54, 1.807) is 0 Å². The molecule has 1 aliphatic heterocycles. The molecule has 0 aliphatic carbocycles. The van der Waals surface area contributed by atoms with Gasteiger partial charge < -0.3 is 10.2 Å². The Bertz CT molecular complexity index is 453. The molecule has 0 aromatic heterocycles. The fraction of sp³-hybridized carbons (Fsp3) is 0.438. The number of nitrogens with one attached hydrogen (secondary N) is 1. The molecule has 0 radical (unpaired) electrons. The van der Waals surface area contributed by atoms with Crippen LogP contribution in [0.25, 0.3) is 0 Å². The van der Waals surface area contributed by atoms with E-state index in [2.05, 4.69) is 16.1 Å². The van der Waals surface area contributed by atoms with Crippen molar-refractivity contribution < 1.29 is 4.79 Å². The normalized spacial score (nSPS) is 15.1. The van der Waals surface area contributed by atoms with Gasteiger partial charge in [-0.25, -0.2) is 0 Å². The topological polar surface area (TPSA) is 32.3 Å². The molecule has 3 nitrogen and oxygen atoms in total. The zero-order valence-corrected chi connectivity index (χ0v) is 11.2. The molecule has 2 rings (SSSR count). The van der Waals surface area contributed by atoms with Crippen LogP contribution in [0.1, 0.15) is 31.2 Å². The fourth-order valence-corrected chi connectivity index (χ4v) is 2.34. The largest absolute Gasteiger partial charge is 0.326 e. The highest BCUT2D eigenvalue weighted by Crippen LogP contribution is 2.11. The van der Waals surface area contributed by atoms with Crippen molar-refractivity contribution >= 4 is 11.6 Å². The summed E-state index contributed by atoms with van der Waals surface area (Å²) in [6.45, 7) is 3.41. The zero-order chi connectivity index (χ0) is 13.5. The van der Waals surface area contributed by atoms with Gasteiger partial charge in [-0.1, -0.05) is 5.92 Å². The van der Waals surface area contributed by atoms with Gasteiger partial charge in [0.15, 0.2) is 0 Å². The van der Waals surface area contributed by atoms with Crippen molar-refractivity contribution in [2.75, 3.05) is 25.0 Å². The standard InChI is InChI=1S/C16H20N2O/c1-2-14-7-9-15(10-8-14)17-16(19)6-5-13-18-11-3-4-12-18/h1,7-10H,3-6,11-13H2,(H,17,19). The van der Waals surface area contributed by atoms with Crippen molar-refractivity contribution in [3.8, 4) is 12.3 Å². The summed E-state index contributed by atoms with van der Waals surface area (Å²) >= 11 is 0. The van der Waals surface area contributed by atoms with Crippen LogP contribution in [-0.4, -0.2) is 30.4 Å². The van der Waals surface area contributed by atoms with Gasteiger partial charge in [0, 0.05) is 17.7 Å². The van der Waals surface area contributed by atoms with Gasteiger partial charge in [0.2, 0.25) is 5.91 Å². The Hall–Kier alpha value is -1.79. The van der Waals surface area contributed by atoms with Crippen LogP contribution in [0.2, 0.25) is 0 Å². The first kappa shape index (κ1) is 13.6. The summed E-state index contributed by atoms with van der Waals surface area (Å²) in [5.41, 5.74) is 1.64. The number of amides is 1. The summed E-state index contributed by atoms with van der Waals surface area (Å²) < 4.78 is 0. The maximum atomic E-state index is 11.8. The van der Waals surface area contributed by atoms with Crippen LogP contribution in [0.5, 0.6) is 0 Å². The molecule has 0 spiro atoms. The summed E-state index contributed by atoms with van der Waals surface area (Å²) in [7, 11) is 0. The molecule has 1 saturated heterocycles. The van der Waals surface area contributed by atoms with E-state index in [4.69, 9.17) is 6.42 Å². The van der Waals surface area contributed by atoms with Crippen molar-refractivity contribution in [2.24, 2.45) is 0 Å². The Balaban J connectivity index is 1.69. The Kier molecular flexibility index (Phi) is 5.00. The average Bonchev–Trinajstić information content (AvgIpc) is 2.93. The molecule has 19 heavy (non-hydrogen) atoms. The van der Waals surface area contributed by atoms with Crippen LogP contribution in [0, 0.1) is 12.3 Å². The monoisotopic (exact) mass is 256 g/mol. The number of hydrogen-bond donors (Lipinski definition) is 1. The van der Waals surface area contributed by atoms with Gasteiger partial charge in [-0.15, -0.1) is 6.42 Å². The second-order valence-corrected chi connectivity index (χ2v) is 4.92. The predicted molar refractivity (Wildman–Crippen MR) is 77.9 cm³/mol. The molecular weight excluding hydrogens is 236 g/mol. The highest BCUT2D eigenvalue weighted by molar-refractivity contribution is 5.90. The molecule has 1 aromatic carbocycles. The van der Waals surface area contributed by atoms with Crippen LogP contribution >= 0.6 is 0 Å². The number of rotatable bonds is 5. The van der Waals surface area contributed by atoms with Crippen LogP contribution in [0.3, 0.4) is 0 Å². The van der Waals surface area contributed by atoms with Crippen LogP contribution in [0.4, 0.5) is 5.69 Å². The summed E-state index contributed by atoms with van der Waals surface area (Å²) in [5.74, 6) is 2.63. The van der Waals surface area contributed by atoms with Gasteiger partial charge in [-0.3, -0.25) is 4.79 Å². The Morgan fingerprint density at radius 1 is 1.26 bits per heavy atom. The van der Waals surface area contributed by atoms with Gasteiger partial charge in [0.25, 0.3) is 0 Å². The molecule has 0 unspecified atom stereocenters. The lowest BCUT2D eigenvalue weighted by Gasteiger charge is -2.13. The minimum absolute atomic E-state index is 0.0765. The number of anilines is 1. The summed E-state index contributed by atoms with van der Waals surface area (Å²) in [6.07, 6.45) is 9.38. The van der Waals surface area contributed by atoms with E-state index in [0.717, 1.165) is 24.2 Å². The maximum absolute atomic E-state index is 11.8. The van der Waals surface area contributed by atoms with Crippen molar-refractivity contribution in [3.63, 3.8) is 0 Å². The molecule has 1 amide bonds. The van der Waals surface area contributed by atoms with E-state index >= 15 is 0 Å². The third-order valence-electron chi connectivity index (χ3n) is 3.41. The smallest absolute Gasteiger partial charge is 0.224 e. The molecule has 0 saturated carbocycles. The number of hydrogen-bond acceptors (Lipinski definition) is 2. The molecule has 1 fully saturated rings. The van der Waals surface area contributed by atoms with Crippen LogP contribution in [0.15, 0.2) is 24.3 Å². The Morgan fingerprint density at radius 2 is 1.95 bits per heavy atom. The molecule has 1 aliphatic rings. The predicted octanol–water partition coefficient (Wildman–Crippen LogP) is 2.48. The Morgan fingerprint density at radius 3 is 2.58 bits per heavy atom. The number of nitrogens with zero attached hydrogens (tertiary/aromatic N) is 1. The maximum Gasteiger partial charge on any atom is 0.224 e. The van der Waals surface area contributed by atoms with Crippen LogP contribution < -0.4 is 5.32 Å². The molecule has 1 N–H and O–H groups in total. The lowest BCUT2D eigenvalue weighted by Crippen LogP contribution is -2.22. The lowest BCUT2D eigenvalue weighted by molar-refractivity contribution is -0.116. The van der Waals surface area contributed by atoms with Gasteiger partial charge in [-0.2, -0.15) is 0 Å². The number of carbonyl (C=O) groups excluding carboxylic acids is 1. The van der Waals surface area contributed by atoms with Crippen molar-refractivity contribution in [3.05, 3.63) is 29.8 Å². The van der Waals surface area contributed by atoms with E-state index in [-0.39, 0.29) is 5.91 Å². The molecule has 100 valence electrons. The second-order valence-electron chi connectivity index (χ2n) is 4.92. The average molecular weight is 256 g/mol. The number of terminal acetylenes is 1. The van der Waals surface area contributed by atoms with Crippen molar-refractivity contribution in [1.29, 1.82) is 0 Å². The van der Waals surface area contributed by atoms with E-state index in [9.17, 15) is 4.79 Å². The van der Waals surface area contributed by atoms with Gasteiger partial charge >= 0.3 is 0 Å².